The van der Waals surface area contributed by atoms with E-state index >= 15 is 0 Å². The van der Waals surface area contributed by atoms with Crippen molar-refractivity contribution < 1.29 is 17.9 Å². The predicted octanol–water partition coefficient (Wildman–Crippen LogP) is 5.99. The summed E-state index contributed by atoms with van der Waals surface area (Å²) in [6.45, 7) is 11.9. The lowest BCUT2D eigenvalue weighted by atomic mass is 9.98. The Hall–Kier alpha value is -3.06. The lowest BCUT2D eigenvalue weighted by Gasteiger charge is -2.32. The maximum Gasteiger partial charge on any atom is 0.411 e. The van der Waals surface area contributed by atoms with E-state index in [0.717, 1.165) is 27.6 Å². The Kier molecular flexibility index (Phi) is 6.10. The van der Waals surface area contributed by atoms with Gasteiger partial charge in [0.25, 0.3) is 10.0 Å². The molecule has 3 aromatic rings. The fourth-order valence-electron chi connectivity index (χ4n) is 4.39. The average Bonchev–Trinajstić information content (AvgIpc) is 3.04. The van der Waals surface area contributed by atoms with Crippen molar-refractivity contribution in [3.63, 3.8) is 0 Å². The lowest BCUT2D eigenvalue weighted by molar-refractivity contribution is 0.0202. The normalized spacial score (nSPS) is 16.3. The fourth-order valence-corrected chi connectivity index (χ4v) is 5.78. The minimum Gasteiger partial charge on any atom is -0.444 e. The van der Waals surface area contributed by atoms with Crippen molar-refractivity contribution in [3.8, 4) is 0 Å². The zero-order valence-corrected chi connectivity index (χ0v) is 21.4. The molecule has 34 heavy (non-hydrogen) atoms. The smallest absolute Gasteiger partial charge is 0.411 e. The highest BCUT2D eigenvalue weighted by atomic mass is 32.2. The summed E-state index contributed by atoms with van der Waals surface area (Å²) in [5.74, 6) is 0. The molecule has 2 heterocycles. The Bertz CT molecular complexity index is 1370. The van der Waals surface area contributed by atoms with Gasteiger partial charge in [-0.1, -0.05) is 41.5 Å². The number of nitrogens with zero attached hydrogens (tertiary/aromatic N) is 2. The van der Waals surface area contributed by atoms with Crippen molar-refractivity contribution in [2.45, 2.75) is 64.5 Å². The number of amides is 1. The molecule has 1 aliphatic rings. The van der Waals surface area contributed by atoms with Crippen LogP contribution in [0.1, 0.15) is 57.4 Å². The zero-order chi connectivity index (χ0) is 24.8. The molecule has 1 unspecified atom stereocenters. The van der Waals surface area contributed by atoms with E-state index in [0.29, 0.717) is 18.5 Å². The molecular formula is C27H32N2O4S. The molecule has 0 radical (unpaired) electrons. The number of hydrogen-bond acceptors (Lipinski definition) is 4. The van der Waals surface area contributed by atoms with E-state index in [1.54, 1.807) is 35.4 Å². The molecule has 0 N–H and O–H groups in total. The van der Waals surface area contributed by atoms with Gasteiger partial charge < -0.3 is 4.74 Å². The Morgan fingerprint density at radius 1 is 1.09 bits per heavy atom. The van der Waals surface area contributed by atoms with Gasteiger partial charge >= 0.3 is 6.09 Å². The first-order chi connectivity index (χ1) is 15.9. The van der Waals surface area contributed by atoms with Crippen LogP contribution in [-0.2, 0) is 21.2 Å². The van der Waals surface area contributed by atoms with E-state index in [1.165, 1.54) is 3.97 Å². The molecule has 4 rings (SSSR count). The van der Waals surface area contributed by atoms with Gasteiger partial charge in [0.1, 0.15) is 5.60 Å². The third kappa shape index (κ3) is 4.49. The Labute approximate surface area is 201 Å². The van der Waals surface area contributed by atoms with Crippen LogP contribution in [-0.4, -0.2) is 35.5 Å². The molecule has 0 saturated carbocycles. The maximum absolute atomic E-state index is 13.6. The number of aromatic nitrogens is 1. The number of ether oxygens (including phenoxy) is 1. The minimum atomic E-state index is -3.77. The summed E-state index contributed by atoms with van der Waals surface area (Å²) in [4.78, 5) is 15.2. The van der Waals surface area contributed by atoms with Gasteiger partial charge in [0.15, 0.2) is 0 Å². The van der Waals surface area contributed by atoms with Crippen LogP contribution in [0, 0.1) is 6.92 Å². The monoisotopic (exact) mass is 480 g/mol. The van der Waals surface area contributed by atoms with Crippen LogP contribution in [0.4, 0.5) is 4.79 Å². The second-order valence-corrected chi connectivity index (χ2v) is 11.9. The summed E-state index contributed by atoms with van der Waals surface area (Å²) >= 11 is 0. The van der Waals surface area contributed by atoms with Crippen molar-refractivity contribution in [3.05, 3.63) is 77.0 Å². The van der Waals surface area contributed by atoms with Crippen LogP contribution in [0.15, 0.2) is 65.2 Å². The van der Waals surface area contributed by atoms with Crippen LogP contribution in [0.2, 0.25) is 0 Å². The topological polar surface area (TPSA) is 68.6 Å². The molecule has 1 aliphatic heterocycles. The molecule has 1 amide bonds. The third-order valence-electron chi connectivity index (χ3n) is 5.88. The highest BCUT2D eigenvalue weighted by Crippen LogP contribution is 2.38. The van der Waals surface area contributed by atoms with E-state index in [1.807, 2.05) is 65.8 Å². The largest absolute Gasteiger partial charge is 0.444 e. The van der Waals surface area contributed by atoms with Crippen LogP contribution < -0.4 is 0 Å². The van der Waals surface area contributed by atoms with Crippen LogP contribution in [0.25, 0.3) is 10.9 Å². The number of carbonyl (C=O) groups excluding carboxylic acids is 1. The number of rotatable bonds is 3. The maximum atomic E-state index is 13.6. The standard InChI is InChI=1S/C27H32N2O4S/c1-18(2)16-24-22-8-7-9-23-25(22)20(14-15-28(24)26(30)33-27(4,5)6)17-29(23)34(31,32)21-12-10-19(3)11-13-21/h7-13,16-17,24H,14-15H2,1-6H3. The molecule has 6 nitrogen and oxygen atoms in total. The van der Waals surface area contributed by atoms with Crippen LogP contribution in [0.3, 0.4) is 0 Å². The number of allylic oxidation sites excluding steroid dienone is 1. The average molecular weight is 481 g/mol. The van der Waals surface area contributed by atoms with Crippen molar-refractivity contribution in [1.29, 1.82) is 0 Å². The molecule has 0 fully saturated rings. The minimum absolute atomic E-state index is 0.250. The first-order valence-electron chi connectivity index (χ1n) is 11.5. The Balaban J connectivity index is 1.89. The Morgan fingerprint density at radius 3 is 2.38 bits per heavy atom. The van der Waals surface area contributed by atoms with Gasteiger partial charge in [0.05, 0.1) is 16.5 Å². The van der Waals surface area contributed by atoms with Gasteiger partial charge in [-0.2, -0.15) is 0 Å². The summed E-state index contributed by atoms with van der Waals surface area (Å²) in [6.07, 6.45) is 3.90. The molecule has 1 atom stereocenters. The van der Waals surface area contributed by atoms with Gasteiger partial charge in [0, 0.05) is 18.1 Å². The van der Waals surface area contributed by atoms with E-state index in [9.17, 15) is 13.2 Å². The van der Waals surface area contributed by atoms with E-state index < -0.39 is 15.6 Å². The second kappa shape index (κ2) is 8.62. The number of aryl methyl sites for hydroxylation is 1. The quantitative estimate of drug-likeness (QED) is 0.432. The van der Waals surface area contributed by atoms with Crippen molar-refractivity contribution in [2.24, 2.45) is 0 Å². The summed E-state index contributed by atoms with van der Waals surface area (Å²) < 4.78 is 34.2. The molecule has 180 valence electrons. The van der Waals surface area contributed by atoms with Gasteiger partial charge in [-0.3, -0.25) is 4.90 Å². The predicted molar refractivity (Wildman–Crippen MR) is 135 cm³/mol. The Morgan fingerprint density at radius 2 is 1.76 bits per heavy atom. The van der Waals surface area contributed by atoms with Gasteiger partial charge in [-0.25, -0.2) is 17.2 Å². The molecular weight excluding hydrogens is 448 g/mol. The first-order valence-corrected chi connectivity index (χ1v) is 12.9. The summed E-state index contributed by atoms with van der Waals surface area (Å²) in [5, 5.41) is 0.881. The van der Waals surface area contributed by atoms with E-state index in [2.05, 4.69) is 0 Å². The number of hydrogen-bond donors (Lipinski definition) is 0. The number of carbonyl (C=O) groups is 1. The van der Waals surface area contributed by atoms with Crippen molar-refractivity contribution >= 4 is 27.0 Å². The SMILES string of the molecule is CC(C)=CC1c2cccc3c2c(cn3S(=O)(=O)c2ccc(C)cc2)CCN1C(=O)OC(C)(C)C. The summed E-state index contributed by atoms with van der Waals surface area (Å²) in [7, 11) is -3.77. The molecule has 0 spiro atoms. The first kappa shape index (κ1) is 24.1. The molecule has 2 aromatic carbocycles. The van der Waals surface area contributed by atoms with E-state index in [4.69, 9.17) is 4.74 Å². The zero-order valence-electron chi connectivity index (χ0n) is 20.6. The molecule has 0 aliphatic carbocycles. The van der Waals surface area contributed by atoms with E-state index in [-0.39, 0.29) is 17.0 Å². The summed E-state index contributed by atoms with van der Waals surface area (Å²) in [6, 6.07) is 12.2. The number of benzene rings is 2. The van der Waals surface area contributed by atoms with Gasteiger partial charge in [0.2, 0.25) is 0 Å². The highest BCUT2D eigenvalue weighted by molar-refractivity contribution is 7.90. The molecule has 7 heteroatoms. The lowest BCUT2D eigenvalue weighted by Crippen LogP contribution is -2.39. The van der Waals surface area contributed by atoms with Crippen LogP contribution in [0.5, 0.6) is 0 Å². The van der Waals surface area contributed by atoms with Gasteiger partial charge in [-0.05, 0) is 77.3 Å². The van der Waals surface area contributed by atoms with Crippen molar-refractivity contribution in [2.75, 3.05) is 6.54 Å². The fraction of sp³-hybridized carbons (Fsp3) is 0.370. The van der Waals surface area contributed by atoms with Crippen molar-refractivity contribution in [1.82, 2.24) is 8.87 Å². The van der Waals surface area contributed by atoms with Gasteiger partial charge in [-0.15, -0.1) is 0 Å². The van der Waals surface area contributed by atoms with Crippen LogP contribution >= 0.6 is 0 Å². The molecule has 0 saturated heterocycles. The molecule has 1 aromatic heterocycles. The third-order valence-corrected chi connectivity index (χ3v) is 7.57. The summed E-state index contributed by atoms with van der Waals surface area (Å²) in [5.41, 5.74) is 3.87. The molecule has 0 bridgehead atoms. The second-order valence-electron chi connectivity index (χ2n) is 10.1. The highest BCUT2D eigenvalue weighted by Gasteiger charge is 2.33.